The van der Waals surface area contributed by atoms with E-state index in [2.05, 4.69) is 10.3 Å². The Morgan fingerprint density at radius 1 is 1.35 bits per heavy atom. The highest BCUT2D eigenvalue weighted by Gasteiger charge is 2.41. The third kappa shape index (κ3) is 4.30. The van der Waals surface area contributed by atoms with Crippen molar-refractivity contribution in [3.05, 3.63) is 11.9 Å². The molecule has 0 aliphatic carbocycles. The first-order valence-corrected chi connectivity index (χ1v) is 9.87. The van der Waals surface area contributed by atoms with E-state index >= 15 is 0 Å². The highest BCUT2D eigenvalue weighted by molar-refractivity contribution is 7.89. The summed E-state index contributed by atoms with van der Waals surface area (Å²) in [6.07, 6.45) is 3.46. The summed E-state index contributed by atoms with van der Waals surface area (Å²) in [5.41, 5.74) is -0.800. The zero-order valence-corrected chi connectivity index (χ0v) is 15.3. The van der Waals surface area contributed by atoms with E-state index in [1.807, 2.05) is 27.7 Å². The Bertz CT molecular complexity index is 626. The molecule has 7 nitrogen and oxygen atoms in total. The van der Waals surface area contributed by atoms with E-state index in [0.717, 1.165) is 0 Å². The van der Waals surface area contributed by atoms with Gasteiger partial charge in [-0.15, -0.1) is 5.10 Å². The molecule has 0 aromatic carbocycles. The number of piperidine rings is 1. The number of hydrogen-bond donors (Lipinski definition) is 1. The average molecular weight is 344 g/mol. The number of sulfonamides is 1. The van der Waals surface area contributed by atoms with E-state index in [-0.39, 0.29) is 18.3 Å². The van der Waals surface area contributed by atoms with Crippen LogP contribution in [-0.4, -0.2) is 51.7 Å². The van der Waals surface area contributed by atoms with Crippen LogP contribution < -0.4 is 0 Å². The first-order valence-electron chi connectivity index (χ1n) is 8.26. The summed E-state index contributed by atoms with van der Waals surface area (Å²) in [5, 5.41) is 19.0. The van der Waals surface area contributed by atoms with Gasteiger partial charge in [0.15, 0.2) is 0 Å². The van der Waals surface area contributed by atoms with Crippen LogP contribution in [0.2, 0.25) is 0 Å². The number of aliphatic hydroxyl groups is 1. The first kappa shape index (κ1) is 18.4. The highest BCUT2D eigenvalue weighted by Crippen LogP contribution is 2.32. The lowest BCUT2D eigenvalue weighted by molar-refractivity contribution is -0.0162. The van der Waals surface area contributed by atoms with Crippen molar-refractivity contribution in [2.75, 3.05) is 18.8 Å². The van der Waals surface area contributed by atoms with Crippen molar-refractivity contribution < 1.29 is 13.5 Å². The van der Waals surface area contributed by atoms with Gasteiger partial charge in [0.05, 0.1) is 11.9 Å². The summed E-state index contributed by atoms with van der Waals surface area (Å²) in [7, 11) is -3.35. The van der Waals surface area contributed by atoms with Crippen LogP contribution >= 0.6 is 0 Å². The summed E-state index contributed by atoms with van der Waals surface area (Å²) < 4.78 is 28.1. The maximum absolute atomic E-state index is 12.5. The molecule has 23 heavy (non-hydrogen) atoms. The Morgan fingerprint density at radius 3 is 2.61 bits per heavy atom. The van der Waals surface area contributed by atoms with Crippen LogP contribution in [-0.2, 0) is 15.6 Å². The van der Waals surface area contributed by atoms with Gasteiger partial charge in [-0.25, -0.2) is 13.1 Å². The van der Waals surface area contributed by atoms with Crippen molar-refractivity contribution in [2.45, 2.75) is 58.6 Å². The number of rotatable bonds is 6. The monoisotopic (exact) mass is 344 g/mol. The van der Waals surface area contributed by atoms with Crippen LogP contribution in [0.25, 0.3) is 0 Å². The Labute approximate surface area is 138 Å². The number of hydrogen-bond acceptors (Lipinski definition) is 5. The molecular weight excluding hydrogens is 316 g/mol. The lowest BCUT2D eigenvalue weighted by Gasteiger charge is -2.37. The quantitative estimate of drug-likeness (QED) is 0.845. The normalized spacial score (nSPS) is 23.8. The molecule has 2 rings (SSSR count). The lowest BCUT2D eigenvalue weighted by atomic mass is 9.91. The van der Waals surface area contributed by atoms with Crippen LogP contribution in [0.4, 0.5) is 0 Å². The second-order valence-electron chi connectivity index (χ2n) is 7.14. The van der Waals surface area contributed by atoms with Crippen molar-refractivity contribution >= 4 is 10.0 Å². The summed E-state index contributed by atoms with van der Waals surface area (Å²) in [4.78, 5) is 0. The summed E-state index contributed by atoms with van der Waals surface area (Å²) in [5.74, 6) is 0.457. The Kier molecular flexibility index (Phi) is 5.48. The van der Waals surface area contributed by atoms with Crippen LogP contribution in [0.1, 0.15) is 58.7 Å². The van der Waals surface area contributed by atoms with Crippen molar-refractivity contribution in [1.82, 2.24) is 19.3 Å². The summed E-state index contributed by atoms with van der Waals surface area (Å²) >= 11 is 0. The van der Waals surface area contributed by atoms with E-state index < -0.39 is 15.6 Å². The zero-order valence-electron chi connectivity index (χ0n) is 14.4. The van der Waals surface area contributed by atoms with E-state index in [1.165, 1.54) is 4.31 Å². The number of nitrogens with zero attached hydrogens (tertiary/aromatic N) is 4. The molecule has 0 unspecified atom stereocenters. The summed E-state index contributed by atoms with van der Waals surface area (Å²) in [6.45, 7) is 8.49. The molecule has 1 fully saturated rings. The fraction of sp³-hybridized carbons (Fsp3) is 0.867. The molecule has 1 aromatic heterocycles. The number of β-amino-alcohol motifs (C(OH)–C–C–N with tert-alkyl or cyclic N) is 1. The second-order valence-corrected chi connectivity index (χ2v) is 9.23. The molecular formula is C15H28N4O3S. The Hall–Kier alpha value is -0.990. The average Bonchev–Trinajstić information content (AvgIpc) is 2.96. The third-order valence-corrected chi connectivity index (χ3v) is 6.15. The predicted molar refractivity (Wildman–Crippen MR) is 88.4 cm³/mol. The van der Waals surface area contributed by atoms with Crippen molar-refractivity contribution in [3.8, 4) is 0 Å². The molecule has 1 saturated heterocycles. The lowest BCUT2D eigenvalue weighted by Crippen LogP contribution is -2.49. The molecule has 0 spiro atoms. The van der Waals surface area contributed by atoms with E-state index in [4.69, 9.17) is 0 Å². The molecule has 0 radical (unpaired) electrons. The minimum Gasteiger partial charge on any atom is -0.382 e. The fourth-order valence-corrected chi connectivity index (χ4v) is 4.55. The topological polar surface area (TPSA) is 88.3 Å². The Morgan fingerprint density at radius 2 is 2.04 bits per heavy atom. The molecule has 1 aromatic rings. The Balaban J connectivity index is 2.15. The second kappa shape index (κ2) is 6.86. The molecule has 1 aliphatic rings. The van der Waals surface area contributed by atoms with Crippen molar-refractivity contribution in [1.29, 1.82) is 0 Å². The molecule has 2 heterocycles. The van der Waals surface area contributed by atoms with Crippen LogP contribution in [0, 0.1) is 5.92 Å². The fourth-order valence-electron chi connectivity index (χ4n) is 2.70. The minimum atomic E-state index is -3.35. The van der Waals surface area contributed by atoms with Gasteiger partial charge in [0, 0.05) is 19.1 Å². The van der Waals surface area contributed by atoms with Gasteiger partial charge in [-0.1, -0.05) is 19.1 Å². The predicted octanol–water partition coefficient (Wildman–Crippen LogP) is 1.52. The first-order chi connectivity index (χ1) is 10.6. The molecule has 132 valence electrons. The van der Waals surface area contributed by atoms with Gasteiger partial charge in [-0.2, -0.15) is 4.31 Å². The van der Waals surface area contributed by atoms with Crippen LogP contribution in [0.3, 0.4) is 0 Å². The SMILES string of the molecule is CC(C)CCS(=O)(=O)N1CCC[C@](O)(c2cn(C(C)C)nn2)C1. The highest BCUT2D eigenvalue weighted by atomic mass is 32.2. The molecule has 1 N–H and O–H groups in total. The molecule has 1 atom stereocenters. The minimum absolute atomic E-state index is 0.0597. The van der Waals surface area contributed by atoms with Gasteiger partial charge in [0.1, 0.15) is 11.3 Å². The van der Waals surface area contributed by atoms with E-state index in [9.17, 15) is 13.5 Å². The number of aromatic nitrogens is 3. The standard InChI is InChI=1S/C15H28N4O3S/c1-12(2)6-9-23(21,22)18-8-5-7-15(20,11-18)14-10-19(13(3)4)17-16-14/h10,12-13,20H,5-9,11H2,1-4H3/t15-/m1/s1. The smallest absolute Gasteiger partial charge is 0.214 e. The van der Waals surface area contributed by atoms with Gasteiger partial charge < -0.3 is 5.11 Å². The molecule has 0 amide bonds. The largest absolute Gasteiger partial charge is 0.382 e. The van der Waals surface area contributed by atoms with Gasteiger partial charge in [0.2, 0.25) is 10.0 Å². The summed E-state index contributed by atoms with van der Waals surface area (Å²) in [6, 6.07) is 0.148. The van der Waals surface area contributed by atoms with Gasteiger partial charge in [-0.05, 0) is 39.0 Å². The van der Waals surface area contributed by atoms with Crippen LogP contribution in [0.5, 0.6) is 0 Å². The van der Waals surface area contributed by atoms with Gasteiger partial charge in [0.25, 0.3) is 0 Å². The van der Waals surface area contributed by atoms with Crippen molar-refractivity contribution in [2.24, 2.45) is 5.92 Å². The maximum Gasteiger partial charge on any atom is 0.214 e. The zero-order chi connectivity index (χ0) is 17.3. The van der Waals surface area contributed by atoms with E-state index in [0.29, 0.717) is 37.4 Å². The van der Waals surface area contributed by atoms with Crippen LogP contribution in [0.15, 0.2) is 6.20 Å². The molecule has 1 aliphatic heterocycles. The van der Waals surface area contributed by atoms with E-state index in [1.54, 1.807) is 10.9 Å². The molecule has 0 bridgehead atoms. The van der Waals surface area contributed by atoms with Crippen molar-refractivity contribution in [3.63, 3.8) is 0 Å². The molecule has 0 saturated carbocycles. The third-order valence-electron chi connectivity index (χ3n) is 4.30. The van der Waals surface area contributed by atoms with Gasteiger partial charge >= 0.3 is 0 Å². The molecule has 8 heteroatoms. The van der Waals surface area contributed by atoms with Gasteiger partial charge in [-0.3, -0.25) is 0 Å². The maximum atomic E-state index is 12.5.